The van der Waals surface area contributed by atoms with Crippen molar-refractivity contribution in [3.05, 3.63) is 82.9 Å². The molecule has 0 amide bonds. The fourth-order valence-corrected chi connectivity index (χ4v) is 5.07. The van der Waals surface area contributed by atoms with E-state index in [0.717, 1.165) is 39.5 Å². The summed E-state index contributed by atoms with van der Waals surface area (Å²) in [5, 5.41) is 4.72. The van der Waals surface area contributed by atoms with Crippen LogP contribution in [0.1, 0.15) is 42.0 Å². The number of oxime groups is 1. The zero-order valence-electron chi connectivity index (χ0n) is 21.3. The molecule has 3 heterocycles. The van der Waals surface area contributed by atoms with Crippen molar-refractivity contribution >= 4 is 11.8 Å². The van der Waals surface area contributed by atoms with Gasteiger partial charge in [0.25, 0.3) is 0 Å². The molecule has 2 atom stereocenters. The summed E-state index contributed by atoms with van der Waals surface area (Å²) in [6.45, 7) is 4.76. The predicted molar refractivity (Wildman–Crippen MR) is 140 cm³/mol. The molecule has 0 N–H and O–H groups in total. The largest absolute Gasteiger partial charge is 0.493 e. The zero-order chi connectivity index (χ0) is 25.6. The van der Waals surface area contributed by atoms with Crippen molar-refractivity contribution in [2.45, 2.75) is 38.1 Å². The van der Waals surface area contributed by atoms with E-state index in [1.165, 1.54) is 0 Å². The van der Waals surface area contributed by atoms with E-state index in [0.29, 0.717) is 30.5 Å². The number of benzene rings is 3. The molecule has 0 radical (unpaired) electrons. The van der Waals surface area contributed by atoms with Gasteiger partial charge in [0, 0.05) is 17.2 Å². The maximum atomic E-state index is 6.62. The van der Waals surface area contributed by atoms with Gasteiger partial charge in [-0.2, -0.15) is 0 Å². The second kappa shape index (κ2) is 9.07. The van der Waals surface area contributed by atoms with Crippen LogP contribution in [0.25, 0.3) is 6.08 Å². The van der Waals surface area contributed by atoms with Crippen LogP contribution in [-0.4, -0.2) is 38.2 Å². The van der Waals surface area contributed by atoms with Gasteiger partial charge < -0.3 is 28.5 Å². The zero-order valence-corrected chi connectivity index (χ0v) is 21.3. The Labute approximate surface area is 216 Å². The van der Waals surface area contributed by atoms with E-state index < -0.39 is 5.60 Å². The van der Waals surface area contributed by atoms with Crippen molar-refractivity contribution in [1.82, 2.24) is 0 Å². The van der Waals surface area contributed by atoms with Gasteiger partial charge in [-0.1, -0.05) is 35.5 Å². The average Bonchev–Trinajstić information content (AvgIpc) is 2.91. The van der Waals surface area contributed by atoms with Crippen LogP contribution in [0.15, 0.2) is 65.8 Å². The predicted octanol–water partition coefficient (Wildman–Crippen LogP) is 5.75. The van der Waals surface area contributed by atoms with Crippen LogP contribution in [-0.2, 0) is 11.4 Å². The average molecular weight is 500 g/mol. The summed E-state index contributed by atoms with van der Waals surface area (Å²) < 4.78 is 30.1. The van der Waals surface area contributed by atoms with E-state index in [1.807, 2.05) is 74.5 Å². The summed E-state index contributed by atoms with van der Waals surface area (Å²) in [5.41, 5.74) is 4.09. The van der Waals surface area contributed by atoms with E-state index >= 15 is 0 Å². The molecule has 0 unspecified atom stereocenters. The first-order valence-electron chi connectivity index (χ1n) is 12.3. The Morgan fingerprint density at radius 2 is 1.76 bits per heavy atom. The molecule has 3 aliphatic rings. The van der Waals surface area contributed by atoms with Crippen LogP contribution in [0.5, 0.6) is 28.7 Å². The maximum Gasteiger partial charge on any atom is 0.164 e. The third-order valence-corrected chi connectivity index (χ3v) is 6.88. The lowest BCUT2D eigenvalue weighted by Gasteiger charge is -2.40. The van der Waals surface area contributed by atoms with Gasteiger partial charge in [0.05, 0.1) is 25.7 Å². The van der Waals surface area contributed by atoms with Gasteiger partial charge in [-0.15, -0.1) is 0 Å². The third-order valence-electron chi connectivity index (χ3n) is 6.88. The number of nitrogens with zero attached hydrogens (tertiary/aromatic N) is 1. The Hall–Kier alpha value is -4.13. The minimum absolute atomic E-state index is 0.227. The fourth-order valence-electron chi connectivity index (χ4n) is 5.07. The van der Waals surface area contributed by atoms with E-state index in [2.05, 4.69) is 6.08 Å². The number of rotatable bonds is 5. The Morgan fingerprint density at radius 3 is 2.54 bits per heavy atom. The lowest BCUT2D eigenvalue weighted by molar-refractivity contribution is 0.0897. The number of hydrogen-bond acceptors (Lipinski definition) is 7. The summed E-state index contributed by atoms with van der Waals surface area (Å²) in [6.07, 6.45) is 3.79. The van der Waals surface area contributed by atoms with Crippen LogP contribution >= 0.6 is 0 Å². The molecule has 0 spiro atoms. The third kappa shape index (κ3) is 4.14. The summed E-state index contributed by atoms with van der Waals surface area (Å²) in [4.78, 5) is 5.95. The Morgan fingerprint density at radius 1 is 0.973 bits per heavy atom. The number of hydrogen-bond donors (Lipinski definition) is 0. The SMILES string of the molecule is COc1cc2c(cc1OC)[C@@H]1C(=NOCc3ccccc3)c3ccc4c(c3O[C@@H]1CO2)C=CC(C)(C)O4. The summed E-state index contributed by atoms with van der Waals surface area (Å²) in [5.74, 6) is 3.21. The molecule has 6 rings (SSSR count). The first-order chi connectivity index (χ1) is 18.0. The first-order valence-corrected chi connectivity index (χ1v) is 12.3. The summed E-state index contributed by atoms with van der Waals surface area (Å²) in [6, 6.07) is 17.8. The van der Waals surface area contributed by atoms with E-state index in [4.69, 9.17) is 33.7 Å². The van der Waals surface area contributed by atoms with Crippen molar-refractivity contribution in [3.63, 3.8) is 0 Å². The number of methoxy groups -OCH3 is 2. The molecule has 3 aromatic rings. The fraction of sp³-hybridized carbons (Fsp3) is 0.300. The minimum atomic E-state index is -0.392. The van der Waals surface area contributed by atoms with Crippen LogP contribution in [0.3, 0.4) is 0 Å². The maximum absolute atomic E-state index is 6.62. The second-order valence-corrected chi connectivity index (χ2v) is 9.82. The van der Waals surface area contributed by atoms with Gasteiger partial charge >= 0.3 is 0 Å². The minimum Gasteiger partial charge on any atom is -0.493 e. The monoisotopic (exact) mass is 499 g/mol. The smallest absolute Gasteiger partial charge is 0.164 e. The highest BCUT2D eigenvalue weighted by molar-refractivity contribution is 6.09. The van der Waals surface area contributed by atoms with E-state index in [-0.39, 0.29) is 12.0 Å². The van der Waals surface area contributed by atoms with Crippen molar-refractivity contribution in [2.24, 2.45) is 5.16 Å². The molecule has 0 saturated heterocycles. The van der Waals surface area contributed by atoms with Gasteiger partial charge in [-0.3, -0.25) is 0 Å². The molecule has 37 heavy (non-hydrogen) atoms. The van der Waals surface area contributed by atoms with Gasteiger partial charge in [0.2, 0.25) is 0 Å². The molecule has 0 fully saturated rings. The number of fused-ring (bicyclic) bond motifs is 6. The topological polar surface area (TPSA) is 67.7 Å². The molecule has 0 bridgehead atoms. The highest BCUT2D eigenvalue weighted by Crippen LogP contribution is 2.50. The van der Waals surface area contributed by atoms with Crippen molar-refractivity contribution < 1.29 is 28.5 Å². The first kappa shape index (κ1) is 23.3. The second-order valence-electron chi connectivity index (χ2n) is 9.82. The number of ether oxygens (including phenoxy) is 5. The summed E-state index contributed by atoms with van der Waals surface area (Å²) >= 11 is 0. The van der Waals surface area contributed by atoms with Crippen molar-refractivity contribution in [3.8, 4) is 28.7 Å². The van der Waals surface area contributed by atoms with Gasteiger partial charge in [-0.25, -0.2) is 0 Å². The van der Waals surface area contributed by atoms with Crippen LogP contribution < -0.4 is 23.7 Å². The molecular weight excluding hydrogens is 470 g/mol. The van der Waals surface area contributed by atoms with Crippen LogP contribution in [0.2, 0.25) is 0 Å². The molecular formula is C30H29NO6. The molecule has 0 aromatic heterocycles. The summed E-state index contributed by atoms with van der Waals surface area (Å²) in [7, 11) is 3.23. The normalized spacial score (nSPS) is 21.2. The standard InChI is InChI=1S/C30H29NO6/c1-30(2)13-12-19-22(37-30)11-10-20-28(31-35-16-18-8-6-5-7-9-18)27-21-14-24(32-3)25(33-4)15-23(21)34-17-26(27)36-29(19)20/h5-15,26-27H,16-17H2,1-4H3/t26-,27+/m1/s1. The highest BCUT2D eigenvalue weighted by atomic mass is 16.6. The van der Waals surface area contributed by atoms with Crippen LogP contribution in [0, 0.1) is 0 Å². The highest BCUT2D eigenvalue weighted by Gasteiger charge is 2.44. The molecule has 0 aliphatic carbocycles. The Bertz CT molecular complexity index is 1390. The van der Waals surface area contributed by atoms with Gasteiger partial charge in [0.1, 0.15) is 47.9 Å². The van der Waals surface area contributed by atoms with Gasteiger partial charge in [-0.05, 0) is 49.8 Å². The quantitative estimate of drug-likeness (QED) is 0.417. The van der Waals surface area contributed by atoms with E-state index in [9.17, 15) is 0 Å². The van der Waals surface area contributed by atoms with Crippen molar-refractivity contribution in [2.75, 3.05) is 20.8 Å². The Kier molecular flexibility index (Phi) is 5.71. The lowest BCUT2D eigenvalue weighted by Crippen LogP contribution is -2.43. The lowest BCUT2D eigenvalue weighted by atomic mass is 9.80. The molecule has 3 aromatic carbocycles. The molecule has 190 valence electrons. The molecule has 7 nitrogen and oxygen atoms in total. The molecule has 7 heteroatoms. The molecule has 0 saturated carbocycles. The Balaban J connectivity index is 1.47. The van der Waals surface area contributed by atoms with Gasteiger partial charge in [0.15, 0.2) is 11.5 Å². The van der Waals surface area contributed by atoms with E-state index in [1.54, 1.807) is 14.2 Å². The van der Waals surface area contributed by atoms with Crippen molar-refractivity contribution in [1.29, 1.82) is 0 Å². The molecule has 3 aliphatic heterocycles. The van der Waals surface area contributed by atoms with Crippen LogP contribution in [0.4, 0.5) is 0 Å².